The zero-order valence-corrected chi connectivity index (χ0v) is 11.9. The van der Waals surface area contributed by atoms with E-state index >= 15 is 0 Å². The molecule has 0 aromatic heterocycles. The van der Waals surface area contributed by atoms with Gasteiger partial charge in [0.25, 0.3) is 0 Å². The predicted octanol–water partition coefficient (Wildman–Crippen LogP) is 2.87. The summed E-state index contributed by atoms with van der Waals surface area (Å²) in [5.74, 6) is 6.73. The molecule has 0 saturated carbocycles. The SMILES string of the molecule is CCC(C)SCC(NN)c1cc(F)ccc1OC. The molecule has 5 heteroatoms. The van der Waals surface area contributed by atoms with Crippen LogP contribution in [0.1, 0.15) is 31.9 Å². The summed E-state index contributed by atoms with van der Waals surface area (Å²) in [6.45, 7) is 4.31. The summed E-state index contributed by atoms with van der Waals surface area (Å²) in [5.41, 5.74) is 3.49. The van der Waals surface area contributed by atoms with Crippen LogP contribution in [0.4, 0.5) is 4.39 Å². The molecule has 0 heterocycles. The number of methoxy groups -OCH3 is 1. The van der Waals surface area contributed by atoms with Crippen LogP contribution < -0.4 is 16.0 Å². The Labute approximate surface area is 112 Å². The molecule has 1 rings (SSSR count). The number of nitrogens with one attached hydrogen (secondary N) is 1. The van der Waals surface area contributed by atoms with Gasteiger partial charge >= 0.3 is 0 Å². The van der Waals surface area contributed by atoms with Gasteiger partial charge in [0.2, 0.25) is 0 Å². The van der Waals surface area contributed by atoms with Crippen molar-refractivity contribution in [2.75, 3.05) is 12.9 Å². The molecule has 1 aromatic rings. The first-order valence-electron chi connectivity index (χ1n) is 6.03. The molecule has 0 saturated heterocycles. The van der Waals surface area contributed by atoms with Crippen molar-refractivity contribution in [1.82, 2.24) is 5.43 Å². The second-order valence-corrected chi connectivity index (χ2v) is 5.63. The minimum atomic E-state index is -0.278. The van der Waals surface area contributed by atoms with Gasteiger partial charge in [-0.1, -0.05) is 13.8 Å². The molecule has 0 amide bonds. The fourth-order valence-corrected chi connectivity index (χ4v) is 2.62. The lowest BCUT2D eigenvalue weighted by Gasteiger charge is -2.20. The molecule has 3 N–H and O–H groups in total. The molecule has 0 radical (unpaired) electrons. The highest BCUT2D eigenvalue weighted by atomic mass is 32.2. The predicted molar refractivity (Wildman–Crippen MR) is 75.2 cm³/mol. The summed E-state index contributed by atoms with van der Waals surface area (Å²) in [4.78, 5) is 0. The van der Waals surface area contributed by atoms with Crippen LogP contribution in [0, 0.1) is 5.82 Å². The zero-order chi connectivity index (χ0) is 13.5. The fourth-order valence-electron chi connectivity index (χ4n) is 1.58. The van der Waals surface area contributed by atoms with Gasteiger partial charge in [0.1, 0.15) is 11.6 Å². The van der Waals surface area contributed by atoms with Crippen molar-refractivity contribution in [3.05, 3.63) is 29.6 Å². The van der Waals surface area contributed by atoms with E-state index in [0.29, 0.717) is 11.0 Å². The van der Waals surface area contributed by atoms with Crippen LogP contribution in [0.15, 0.2) is 18.2 Å². The topological polar surface area (TPSA) is 47.3 Å². The number of nitrogens with two attached hydrogens (primary N) is 1. The van der Waals surface area contributed by atoms with Gasteiger partial charge in [0, 0.05) is 16.6 Å². The lowest BCUT2D eigenvalue weighted by Crippen LogP contribution is -2.30. The summed E-state index contributed by atoms with van der Waals surface area (Å²) in [6.07, 6.45) is 1.10. The van der Waals surface area contributed by atoms with E-state index in [9.17, 15) is 4.39 Å². The summed E-state index contributed by atoms with van der Waals surface area (Å²) < 4.78 is 18.6. The number of hydrazine groups is 1. The van der Waals surface area contributed by atoms with Gasteiger partial charge in [-0.15, -0.1) is 0 Å². The second-order valence-electron chi connectivity index (χ2n) is 4.16. The number of rotatable bonds is 7. The van der Waals surface area contributed by atoms with Crippen LogP contribution in [-0.4, -0.2) is 18.1 Å². The molecule has 2 unspecified atom stereocenters. The highest BCUT2D eigenvalue weighted by Crippen LogP contribution is 2.29. The number of hydrogen-bond donors (Lipinski definition) is 2. The van der Waals surface area contributed by atoms with E-state index in [0.717, 1.165) is 17.7 Å². The molecular weight excluding hydrogens is 251 g/mol. The molecule has 3 nitrogen and oxygen atoms in total. The summed E-state index contributed by atoms with van der Waals surface area (Å²) in [5, 5.41) is 0.556. The smallest absolute Gasteiger partial charge is 0.123 e. The van der Waals surface area contributed by atoms with E-state index in [1.54, 1.807) is 13.2 Å². The standard InChI is InChI=1S/C13H21FN2OS/c1-4-9(2)18-8-12(16-15)11-7-10(14)5-6-13(11)17-3/h5-7,9,12,16H,4,8,15H2,1-3H3. The number of hydrogen-bond acceptors (Lipinski definition) is 4. The third kappa shape index (κ3) is 4.15. The Hall–Kier alpha value is -0.780. The Balaban J connectivity index is 2.83. The van der Waals surface area contributed by atoms with Gasteiger partial charge in [-0.05, 0) is 24.6 Å². The van der Waals surface area contributed by atoms with Crippen LogP contribution >= 0.6 is 11.8 Å². The molecular formula is C13H21FN2OS. The molecule has 2 atom stereocenters. The zero-order valence-electron chi connectivity index (χ0n) is 11.1. The highest BCUT2D eigenvalue weighted by Gasteiger charge is 2.16. The lowest BCUT2D eigenvalue weighted by atomic mass is 10.1. The number of thioether (sulfide) groups is 1. The van der Waals surface area contributed by atoms with Crippen molar-refractivity contribution in [2.24, 2.45) is 5.84 Å². The van der Waals surface area contributed by atoms with E-state index in [1.807, 2.05) is 11.8 Å². The van der Waals surface area contributed by atoms with Crippen molar-refractivity contribution in [1.29, 1.82) is 0 Å². The quantitative estimate of drug-likeness (QED) is 0.592. The van der Waals surface area contributed by atoms with Crippen molar-refractivity contribution >= 4 is 11.8 Å². The van der Waals surface area contributed by atoms with E-state index < -0.39 is 0 Å². The second kappa shape index (κ2) is 7.61. The van der Waals surface area contributed by atoms with Gasteiger partial charge in [-0.2, -0.15) is 11.8 Å². The number of halogens is 1. The Morgan fingerprint density at radius 3 is 2.78 bits per heavy atom. The third-order valence-electron chi connectivity index (χ3n) is 2.89. The Bertz CT molecular complexity index is 376. The average molecular weight is 272 g/mol. The van der Waals surface area contributed by atoms with Gasteiger partial charge in [-0.25, -0.2) is 4.39 Å². The maximum Gasteiger partial charge on any atom is 0.123 e. The molecule has 1 aromatic carbocycles. The lowest BCUT2D eigenvalue weighted by molar-refractivity contribution is 0.401. The molecule has 0 spiro atoms. The van der Waals surface area contributed by atoms with E-state index in [4.69, 9.17) is 10.6 Å². The average Bonchev–Trinajstić information content (AvgIpc) is 2.39. The van der Waals surface area contributed by atoms with Gasteiger partial charge in [0.05, 0.1) is 13.2 Å². The van der Waals surface area contributed by atoms with E-state index in [1.165, 1.54) is 12.1 Å². The number of ether oxygens (including phenoxy) is 1. The van der Waals surface area contributed by atoms with Crippen LogP contribution in [-0.2, 0) is 0 Å². The van der Waals surface area contributed by atoms with Crippen LogP contribution in [0.5, 0.6) is 5.75 Å². The number of benzene rings is 1. The summed E-state index contributed by atoms with van der Waals surface area (Å²) in [6, 6.07) is 4.37. The molecule has 18 heavy (non-hydrogen) atoms. The Kier molecular flexibility index (Phi) is 6.46. The minimum Gasteiger partial charge on any atom is -0.496 e. The van der Waals surface area contributed by atoms with Crippen molar-refractivity contribution < 1.29 is 9.13 Å². The third-order valence-corrected chi connectivity index (χ3v) is 4.32. The van der Waals surface area contributed by atoms with Gasteiger partial charge < -0.3 is 4.74 Å². The molecule has 0 aliphatic carbocycles. The molecule has 0 aliphatic rings. The molecule has 0 fully saturated rings. The molecule has 102 valence electrons. The van der Waals surface area contributed by atoms with E-state index in [-0.39, 0.29) is 11.9 Å². The van der Waals surface area contributed by atoms with Gasteiger partial charge in [-0.3, -0.25) is 11.3 Å². The summed E-state index contributed by atoms with van der Waals surface area (Å²) >= 11 is 1.81. The first kappa shape index (κ1) is 15.3. The van der Waals surface area contributed by atoms with Crippen LogP contribution in [0.2, 0.25) is 0 Å². The van der Waals surface area contributed by atoms with Crippen molar-refractivity contribution in [2.45, 2.75) is 31.6 Å². The Morgan fingerprint density at radius 1 is 1.50 bits per heavy atom. The monoisotopic (exact) mass is 272 g/mol. The first-order chi connectivity index (χ1) is 8.62. The summed E-state index contributed by atoms with van der Waals surface area (Å²) in [7, 11) is 1.58. The van der Waals surface area contributed by atoms with Gasteiger partial charge in [0.15, 0.2) is 0 Å². The minimum absolute atomic E-state index is 0.116. The maximum atomic E-state index is 13.3. The molecule has 0 bridgehead atoms. The Morgan fingerprint density at radius 2 is 2.22 bits per heavy atom. The van der Waals surface area contributed by atoms with E-state index in [2.05, 4.69) is 19.3 Å². The van der Waals surface area contributed by atoms with Crippen molar-refractivity contribution in [3.8, 4) is 5.75 Å². The van der Waals surface area contributed by atoms with Crippen molar-refractivity contribution in [3.63, 3.8) is 0 Å². The first-order valence-corrected chi connectivity index (χ1v) is 7.08. The largest absolute Gasteiger partial charge is 0.496 e. The normalized spacial score (nSPS) is 14.3. The van der Waals surface area contributed by atoms with Crippen LogP contribution in [0.3, 0.4) is 0 Å². The molecule has 0 aliphatic heterocycles. The highest BCUT2D eigenvalue weighted by molar-refractivity contribution is 7.99. The van der Waals surface area contributed by atoms with Crippen LogP contribution in [0.25, 0.3) is 0 Å². The fraction of sp³-hybridized carbons (Fsp3) is 0.538. The maximum absolute atomic E-state index is 13.3.